The van der Waals surface area contributed by atoms with Crippen molar-refractivity contribution in [2.24, 2.45) is 0 Å². The molecule has 0 saturated heterocycles. The van der Waals surface area contributed by atoms with Crippen LogP contribution in [-0.2, 0) is 16.4 Å². The van der Waals surface area contributed by atoms with Crippen molar-refractivity contribution < 1.29 is 22.7 Å². The van der Waals surface area contributed by atoms with Gasteiger partial charge in [0.05, 0.1) is 11.7 Å². The Morgan fingerprint density at radius 3 is 1.97 bits per heavy atom. The molecule has 1 N–H and O–H groups in total. The minimum Gasteiger partial charge on any atom is -0.490 e. The van der Waals surface area contributed by atoms with Crippen LogP contribution in [0.15, 0.2) is 91.5 Å². The zero-order chi connectivity index (χ0) is 24.1. The Morgan fingerprint density at radius 2 is 1.52 bits per heavy atom. The van der Waals surface area contributed by atoms with Gasteiger partial charge in [-0.2, -0.15) is 13.2 Å². The Balaban J connectivity index is 2.09. The highest BCUT2D eigenvalue weighted by molar-refractivity contribution is 6.02. The van der Waals surface area contributed by atoms with E-state index in [1.165, 1.54) is 12.1 Å². The van der Waals surface area contributed by atoms with Crippen LogP contribution in [0.25, 0.3) is 0 Å². The lowest BCUT2D eigenvalue weighted by atomic mass is 9.71. The first-order chi connectivity index (χ1) is 15.7. The highest BCUT2D eigenvalue weighted by Gasteiger charge is 2.41. The number of anilines is 1. The van der Waals surface area contributed by atoms with Crippen LogP contribution >= 0.6 is 0 Å². The zero-order valence-electron chi connectivity index (χ0n) is 18.5. The van der Waals surface area contributed by atoms with E-state index in [1.807, 2.05) is 60.7 Å². The van der Waals surface area contributed by atoms with Gasteiger partial charge in [0.25, 0.3) is 0 Å². The highest BCUT2D eigenvalue weighted by atomic mass is 19.4. The molecule has 3 nitrogen and oxygen atoms in total. The van der Waals surface area contributed by atoms with Crippen LogP contribution in [0.3, 0.4) is 0 Å². The smallest absolute Gasteiger partial charge is 0.420 e. The molecule has 0 spiro atoms. The van der Waals surface area contributed by atoms with Crippen molar-refractivity contribution in [3.8, 4) is 5.75 Å². The zero-order valence-corrected chi connectivity index (χ0v) is 18.5. The maximum Gasteiger partial charge on any atom is 0.420 e. The van der Waals surface area contributed by atoms with Crippen LogP contribution in [-0.4, -0.2) is 12.0 Å². The lowest BCUT2D eigenvalue weighted by Crippen LogP contribution is -2.41. The number of nitrogens with one attached hydrogen (secondary N) is 1. The molecule has 3 aromatic rings. The molecule has 0 saturated carbocycles. The number of carbonyl (C=O) groups is 1. The highest BCUT2D eigenvalue weighted by Crippen LogP contribution is 2.40. The molecule has 0 radical (unpaired) electrons. The average Bonchev–Trinajstić information content (AvgIpc) is 2.78. The normalized spacial score (nSPS) is 11.8. The lowest BCUT2D eigenvalue weighted by Gasteiger charge is -2.33. The maximum atomic E-state index is 13.8. The van der Waals surface area contributed by atoms with Gasteiger partial charge in [-0.25, -0.2) is 0 Å². The van der Waals surface area contributed by atoms with Gasteiger partial charge in [-0.15, -0.1) is 6.58 Å². The van der Waals surface area contributed by atoms with Gasteiger partial charge in [-0.1, -0.05) is 66.7 Å². The van der Waals surface area contributed by atoms with E-state index in [4.69, 9.17) is 4.74 Å². The number of hydrogen-bond donors (Lipinski definition) is 1. The fraction of sp³-hybridized carbons (Fsp3) is 0.222. The van der Waals surface area contributed by atoms with Crippen LogP contribution in [0.2, 0.25) is 0 Å². The fourth-order valence-electron chi connectivity index (χ4n) is 3.84. The molecule has 3 aromatic carbocycles. The number of hydrogen-bond acceptors (Lipinski definition) is 2. The van der Waals surface area contributed by atoms with Gasteiger partial charge >= 0.3 is 6.18 Å². The predicted molar refractivity (Wildman–Crippen MR) is 124 cm³/mol. The minimum absolute atomic E-state index is 0.0312. The van der Waals surface area contributed by atoms with Crippen LogP contribution < -0.4 is 10.1 Å². The second kappa shape index (κ2) is 9.94. The molecule has 172 valence electrons. The molecular formula is C27H26F3NO2. The molecule has 0 aromatic heterocycles. The minimum atomic E-state index is -4.64. The molecule has 3 rings (SSSR count). The van der Waals surface area contributed by atoms with Crippen molar-refractivity contribution in [3.05, 3.63) is 108 Å². The van der Waals surface area contributed by atoms with Crippen molar-refractivity contribution in [2.45, 2.75) is 38.0 Å². The van der Waals surface area contributed by atoms with E-state index in [2.05, 4.69) is 11.9 Å². The molecule has 0 aliphatic rings. The third-order valence-corrected chi connectivity index (χ3v) is 5.28. The number of benzene rings is 3. The number of amides is 1. The number of ether oxygens (including phenoxy) is 1. The lowest BCUT2D eigenvalue weighted by molar-refractivity contribution is -0.139. The Hall–Kier alpha value is -3.54. The molecule has 33 heavy (non-hydrogen) atoms. The van der Waals surface area contributed by atoms with Gasteiger partial charge in [-0.05, 0) is 49.6 Å². The summed E-state index contributed by atoms with van der Waals surface area (Å²) in [5, 5.41) is 2.72. The molecule has 6 heteroatoms. The van der Waals surface area contributed by atoms with E-state index in [0.29, 0.717) is 11.1 Å². The van der Waals surface area contributed by atoms with Gasteiger partial charge in [0.15, 0.2) is 0 Å². The van der Waals surface area contributed by atoms with Gasteiger partial charge in [-0.3, -0.25) is 4.79 Å². The van der Waals surface area contributed by atoms with E-state index in [9.17, 15) is 18.0 Å². The first kappa shape index (κ1) is 24.1. The van der Waals surface area contributed by atoms with Gasteiger partial charge in [0.1, 0.15) is 11.2 Å². The monoisotopic (exact) mass is 453 g/mol. The summed E-state index contributed by atoms with van der Waals surface area (Å²) in [6, 6.07) is 21.9. The first-order valence-corrected chi connectivity index (χ1v) is 10.6. The molecule has 0 aliphatic heterocycles. The van der Waals surface area contributed by atoms with E-state index >= 15 is 0 Å². The Kier molecular flexibility index (Phi) is 7.26. The fourth-order valence-corrected chi connectivity index (χ4v) is 3.84. The summed E-state index contributed by atoms with van der Waals surface area (Å²) >= 11 is 0. The maximum absolute atomic E-state index is 13.8. The molecular weight excluding hydrogens is 427 g/mol. The molecule has 0 heterocycles. The summed E-state index contributed by atoms with van der Waals surface area (Å²) in [6.45, 7) is 7.13. The van der Waals surface area contributed by atoms with E-state index < -0.39 is 29.2 Å². The summed E-state index contributed by atoms with van der Waals surface area (Å²) in [6.07, 6.45) is -3.17. The molecule has 1 amide bonds. The van der Waals surface area contributed by atoms with Gasteiger partial charge < -0.3 is 10.1 Å². The summed E-state index contributed by atoms with van der Waals surface area (Å²) < 4.78 is 46.4. The van der Waals surface area contributed by atoms with Crippen molar-refractivity contribution in [3.63, 3.8) is 0 Å². The SMILES string of the molecule is C=CCC(C(=O)Nc1ccc(OC(C)C)c(C(F)(F)F)c1)(c1ccccc1)c1ccccc1. The van der Waals surface area contributed by atoms with Crippen molar-refractivity contribution in [2.75, 3.05) is 5.32 Å². The number of carbonyl (C=O) groups excluding carboxylic acids is 1. The Bertz CT molecular complexity index is 1050. The van der Waals surface area contributed by atoms with Crippen LogP contribution in [0.1, 0.15) is 37.0 Å². The first-order valence-electron chi connectivity index (χ1n) is 10.6. The predicted octanol–water partition coefficient (Wildman–Crippen LogP) is 6.99. The van der Waals surface area contributed by atoms with Gasteiger partial charge in [0, 0.05) is 5.69 Å². The van der Waals surface area contributed by atoms with E-state index in [1.54, 1.807) is 19.9 Å². The van der Waals surface area contributed by atoms with E-state index in [-0.39, 0.29) is 17.9 Å². The molecule has 0 atom stereocenters. The largest absolute Gasteiger partial charge is 0.490 e. The molecule has 0 fully saturated rings. The second-order valence-electron chi connectivity index (χ2n) is 7.96. The molecule has 0 aliphatic carbocycles. The summed E-state index contributed by atoms with van der Waals surface area (Å²) in [5.74, 6) is -0.732. The average molecular weight is 454 g/mol. The van der Waals surface area contributed by atoms with Crippen molar-refractivity contribution >= 4 is 11.6 Å². The van der Waals surface area contributed by atoms with Crippen molar-refractivity contribution in [1.82, 2.24) is 0 Å². The number of halogens is 3. The summed E-state index contributed by atoms with van der Waals surface area (Å²) in [4.78, 5) is 13.8. The van der Waals surface area contributed by atoms with Crippen LogP contribution in [0.4, 0.5) is 18.9 Å². The topological polar surface area (TPSA) is 38.3 Å². The van der Waals surface area contributed by atoms with Crippen LogP contribution in [0, 0.1) is 0 Å². The standard InChI is InChI=1S/C27H26F3NO2/c1-4-17-26(20-11-7-5-8-12-20,21-13-9-6-10-14-21)25(32)31-22-15-16-24(33-19(2)3)23(18-22)27(28,29)30/h4-16,18-19H,1,17H2,2-3H3,(H,31,32). The number of allylic oxidation sites excluding steroid dienone is 1. The Morgan fingerprint density at radius 1 is 0.970 bits per heavy atom. The molecule has 0 unspecified atom stereocenters. The number of rotatable bonds is 8. The second-order valence-corrected chi connectivity index (χ2v) is 7.96. The van der Waals surface area contributed by atoms with Crippen LogP contribution in [0.5, 0.6) is 5.75 Å². The quantitative estimate of drug-likeness (QED) is 0.373. The van der Waals surface area contributed by atoms with Gasteiger partial charge in [0.2, 0.25) is 5.91 Å². The summed E-state index contributed by atoms with van der Waals surface area (Å²) in [7, 11) is 0. The summed E-state index contributed by atoms with van der Waals surface area (Å²) in [5.41, 5.74) is -0.657. The molecule has 0 bridgehead atoms. The third kappa shape index (κ3) is 5.28. The third-order valence-electron chi connectivity index (χ3n) is 5.28. The number of alkyl halides is 3. The van der Waals surface area contributed by atoms with Crippen molar-refractivity contribution in [1.29, 1.82) is 0 Å². The Labute approximate surface area is 191 Å². The van der Waals surface area contributed by atoms with E-state index in [0.717, 1.165) is 6.07 Å².